The Morgan fingerprint density at radius 3 is 1.96 bits per heavy atom. The summed E-state index contributed by atoms with van der Waals surface area (Å²) in [6, 6.07) is -0.964. The fourth-order valence-corrected chi connectivity index (χ4v) is 8.49. The summed E-state index contributed by atoms with van der Waals surface area (Å²) >= 11 is 0. The van der Waals surface area contributed by atoms with Gasteiger partial charge in [0.1, 0.15) is 0 Å². The van der Waals surface area contributed by atoms with Crippen molar-refractivity contribution in [2.24, 2.45) is 23.7 Å². The molecule has 2 fully saturated rings. The van der Waals surface area contributed by atoms with Crippen molar-refractivity contribution >= 4 is 17.9 Å². The monoisotopic (exact) mass is 735 g/mol. The quantitative estimate of drug-likeness (QED) is 0.196. The summed E-state index contributed by atoms with van der Waals surface area (Å²) in [5.74, 6) is -5.65. The number of aromatic nitrogens is 2. The fourth-order valence-electron chi connectivity index (χ4n) is 8.49. The molecule has 14 heteroatoms. The van der Waals surface area contributed by atoms with Crippen LogP contribution < -0.4 is 125 Å². The molecule has 0 aromatic carbocycles. The van der Waals surface area contributed by atoms with Crippen LogP contribution in [0.15, 0.2) is 12.7 Å². The van der Waals surface area contributed by atoms with Crippen LogP contribution in [0.2, 0.25) is 0 Å². The van der Waals surface area contributed by atoms with Crippen LogP contribution in [0.25, 0.3) is 0 Å². The topological polar surface area (TPSA) is 173 Å². The van der Waals surface area contributed by atoms with Gasteiger partial charge in [0.2, 0.25) is 0 Å². The number of aliphatic carboxylic acids is 3. The molecule has 2 N–H and O–H groups in total. The average molecular weight is 736 g/mol. The summed E-state index contributed by atoms with van der Waals surface area (Å²) < 4.78 is 0. The normalized spacial score (nSPS) is 29.0. The zero-order valence-corrected chi connectivity index (χ0v) is 36.5. The summed E-state index contributed by atoms with van der Waals surface area (Å²) in [4.78, 5) is 46.6. The van der Waals surface area contributed by atoms with Gasteiger partial charge in [-0.3, -0.25) is 0 Å². The van der Waals surface area contributed by atoms with Gasteiger partial charge in [0.25, 0.3) is 0 Å². The Morgan fingerprint density at radius 2 is 1.40 bits per heavy atom. The van der Waals surface area contributed by atoms with E-state index in [2.05, 4.69) is 38.0 Å². The largest absolute Gasteiger partial charge is 2.00 e. The molecule has 0 amide bonds. The minimum atomic E-state index is -1.33. The Labute approximate surface area is 360 Å². The van der Waals surface area contributed by atoms with E-state index in [1.807, 2.05) is 19.9 Å². The third-order valence-electron chi connectivity index (χ3n) is 11.0. The first-order valence-electron chi connectivity index (χ1n) is 15.9. The van der Waals surface area contributed by atoms with Gasteiger partial charge in [-0.25, -0.2) is 0 Å². The molecule has 5 heterocycles. The number of hydrogen-bond acceptors (Lipinski definition) is 8. The summed E-state index contributed by atoms with van der Waals surface area (Å²) in [5, 5.41) is 43.7. The van der Waals surface area contributed by atoms with E-state index in [0.29, 0.717) is 24.1 Å². The van der Waals surface area contributed by atoms with Crippen molar-refractivity contribution in [3.8, 4) is 0 Å². The molecule has 0 aliphatic carbocycles. The van der Waals surface area contributed by atoms with E-state index >= 15 is 0 Å². The smallest absolute Gasteiger partial charge is 0.664 e. The number of carbonyl (C=O) groups is 3. The molecule has 3 aliphatic rings. The van der Waals surface area contributed by atoms with Gasteiger partial charge in [-0.15, -0.1) is 6.58 Å². The third kappa shape index (κ3) is 9.19. The van der Waals surface area contributed by atoms with Gasteiger partial charge >= 0.3 is 106 Å². The van der Waals surface area contributed by atoms with Crippen LogP contribution in [0.4, 0.5) is 0 Å². The average Bonchev–Trinajstić information content (AvgIpc) is 3.63. The fraction of sp³-hybridized carbons (Fsp3) is 0.618. The Morgan fingerprint density at radius 1 is 0.833 bits per heavy atom. The molecular weight excluding hydrogens is 693 g/mol. The molecule has 48 heavy (non-hydrogen) atoms. The van der Waals surface area contributed by atoms with Gasteiger partial charge in [-0.2, -0.15) is 22.8 Å². The minimum Gasteiger partial charge on any atom is -0.664 e. The molecule has 0 spiro atoms. The number of nitrogens with one attached hydrogen (secondary N) is 2. The van der Waals surface area contributed by atoms with Crippen LogP contribution in [0.5, 0.6) is 0 Å². The van der Waals surface area contributed by atoms with Crippen molar-refractivity contribution in [1.29, 1.82) is 0 Å². The van der Waals surface area contributed by atoms with Crippen LogP contribution in [0.1, 0.15) is 84.6 Å². The Bertz CT molecular complexity index is 1460. The molecule has 2 aromatic heterocycles. The van der Waals surface area contributed by atoms with E-state index < -0.39 is 42.2 Å². The molecule has 8 bridgehead atoms. The first-order valence-corrected chi connectivity index (χ1v) is 15.9. The van der Waals surface area contributed by atoms with Gasteiger partial charge in [0, 0.05) is 48.0 Å². The zero-order valence-electron chi connectivity index (χ0n) is 29.6. The third-order valence-corrected chi connectivity index (χ3v) is 11.0. The number of nitrogens with zero attached hydrogens (tertiary/aromatic N) is 2. The first kappa shape index (κ1) is 46.2. The van der Waals surface area contributed by atoms with Gasteiger partial charge in [0.15, 0.2) is 0 Å². The number of carbonyl (C=O) groups excluding carboxylic acids is 3. The molecule has 9 unspecified atom stereocenters. The van der Waals surface area contributed by atoms with Crippen molar-refractivity contribution in [3.05, 3.63) is 57.7 Å². The van der Waals surface area contributed by atoms with Gasteiger partial charge in [-0.05, 0) is 82.5 Å². The summed E-state index contributed by atoms with van der Waals surface area (Å²) in [6.07, 6.45) is 3.94. The first-order chi connectivity index (χ1) is 20.9. The SMILES string of the molecule is C=CC1C2Cc3[n-]c(c(CC)c3C)CC3NC(C(CC(=O)[O-])c4[n-]c(c(C)c4CCC(=O)[O-])CC(N2)C1C)C(C(=O)[O-])C3C.[Cu+2].[Na+].[Na+].[Na+]. The van der Waals surface area contributed by atoms with Gasteiger partial charge in [-0.1, -0.05) is 49.1 Å². The number of fused-ring (bicyclic) bond motifs is 8. The van der Waals surface area contributed by atoms with E-state index in [1.54, 1.807) is 0 Å². The second-order valence-electron chi connectivity index (χ2n) is 13.2. The van der Waals surface area contributed by atoms with Crippen molar-refractivity contribution in [2.45, 2.75) is 110 Å². The van der Waals surface area contributed by atoms with E-state index in [0.717, 1.165) is 46.6 Å². The molecule has 2 saturated heterocycles. The predicted octanol–water partition coefficient (Wildman–Crippen LogP) is -9.84. The van der Waals surface area contributed by atoms with Gasteiger partial charge < -0.3 is 50.3 Å². The van der Waals surface area contributed by atoms with Crippen molar-refractivity contribution in [1.82, 2.24) is 20.6 Å². The standard InChI is InChI=1S/C34H46N4O6.Cu.3Na/c1-7-19-15(3)23-12-25-17(5)21(9-10-29(39)40)32(37-25)22(11-30(41)42)33-31(34(43)44)18(6)26(38-33)14-28-20(8-2)16(4)24(36-28)13-27(19)35-23;;;;/h7,15,18-19,22-23,26-27,31,33,35,38H,1,8-14H2,2-6H3,(H,39,40)(H,41,42)(H,43,44);;;;/q-2;+2;3*+1/p-3. The summed E-state index contributed by atoms with van der Waals surface area (Å²) in [7, 11) is 0. The maximum atomic E-state index is 12.7. The van der Waals surface area contributed by atoms with E-state index in [-0.39, 0.29) is 154 Å². The number of carboxylic acid groups (broad SMARTS) is 3. The molecule has 10 nitrogen and oxygen atoms in total. The van der Waals surface area contributed by atoms with Crippen molar-refractivity contribution in [2.75, 3.05) is 0 Å². The molecule has 249 valence electrons. The van der Waals surface area contributed by atoms with Crippen LogP contribution in [0, 0.1) is 37.5 Å². The summed E-state index contributed by atoms with van der Waals surface area (Å²) in [5.41, 5.74) is 6.92. The molecule has 2 aromatic rings. The van der Waals surface area contributed by atoms with Crippen molar-refractivity contribution < 1.29 is 135 Å². The Kier molecular flexibility index (Phi) is 18.6. The number of carboxylic acids is 3. The van der Waals surface area contributed by atoms with Gasteiger partial charge in [0.05, 0.1) is 0 Å². The molecule has 9 atom stereocenters. The van der Waals surface area contributed by atoms with Crippen LogP contribution in [0.3, 0.4) is 0 Å². The van der Waals surface area contributed by atoms with E-state index in [1.165, 1.54) is 0 Å². The molecule has 5 rings (SSSR count). The second kappa shape index (κ2) is 19.3. The number of rotatable bonds is 8. The molecular formula is C34H43CuN4Na3O6. The van der Waals surface area contributed by atoms with Crippen LogP contribution in [-0.4, -0.2) is 42.1 Å². The summed E-state index contributed by atoms with van der Waals surface area (Å²) in [6.45, 7) is 14.3. The molecule has 0 saturated carbocycles. The van der Waals surface area contributed by atoms with Crippen LogP contribution in [-0.2, 0) is 63.6 Å². The number of hydrogen-bond donors (Lipinski definition) is 2. The second-order valence-corrected chi connectivity index (χ2v) is 13.2. The van der Waals surface area contributed by atoms with Crippen LogP contribution >= 0.6 is 0 Å². The maximum Gasteiger partial charge on any atom is 2.00 e. The van der Waals surface area contributed by atoms with E-state index in [4.69, 9.17) is 9.97 Å². The molecule has 3 aliphatic heterocycles. The van der Waals surface area contributed by atoms with Crippen molar-refractivity contribution in [3.63, 3.8) is 0 Å². The Balaban J connectivity index is 0.00000288. The molecule has 1 radical (unpaired) electrons. The maximum absolute atomic E-state index is 12.7. The van der Waals surface area contributed by atoms with E-state index in [9.17, 15) is 29.7 Å². The Hall–Kier alpha value is 0.149. The minimum absolute atomic E-state index is 0. The predicted molar refractivity (Wildman–Crippen MR) is 157 cm³/mol. The zero-order chi connectivity index (χ0) is 32.0.